The standard InChI is InChI=1S/C15H20N2O/c1-18-11-12-6-2-5-9-14(12)15(10-16)17-13-7-3-4-8-13/h2,5-6,9,13,15,17H,3-4,7-8,11H2,1H3. The summed E-state index contributed by atoms with van der Waals surface area (Å²) in [6.07, 6.45) is 4.92. The van der Waals surface area contributed by atoms with Gasteiger partial charge >= 0.3 is 0 Å². The van der Waals surface area contributed by atoms with Crippen LogP contribution in [-0.4, -0.2) is 13.2 Å². The molecule has 1 aliphatic rings. The first-order valence-electron chi connectivity index (χ1n) is 6.57. The molecule has 0 aromatic heterocycles. The summed E-state index contributed by atoms with van der Waals surface area (Å²) in [6.45, 7) is 0.556. The molecule has 1 unspecified atom stereocenters. The lowest BCUT2D eigenvalue weighted by Gasteiger charge is -2.19. The van der Waals surface area contributed by atoms with Crippen LogP contribution in [0.25, 0.3) is 0 Å². The van der Waals surface area contributed by atoms with Gasteiger partial charge in [-0.1, -0.05) is 37.1 Å². The number of rotatable bonds is 5. The highest BCUT2D eigenvalue weighted by Crippen LogP contribution is 2.24. The predicted octanol–water partition coefficient (Wildman–Crippen LogP) is 2.93. The van der Waals surface area contributed by atoms with Gasteiger partial charge in [0, 0.05) is 13.2 Å². The predicted molar refractivity (Wildman–Crippen MR) is 70.9 cm³/mol. The highest BCUT2D eigenvalue weighted by atomic mass is 16.5. The second-order valence-corrected chi connectivity index (χ2v) is 4.84. The number of ether oxygens (including phenoxy) is 1. The van der Waals surface area contributed by atoms with Crippen LogP contribution in [0.4, 0.5) is 0 Å². The molecule has 96 valence electrons. The SMILES string of the molecule is COCc1ccccc1C(C#N)NC1CCCC1. The average molecular weight is 244 g/mol. The van der Waals surface area contributed by atoms with Crippen molar-refractivity contribution >= 4 is 0 Å². The summed E-state index contributed by atoms with van der Waals surface area (Å²) in [5.74, 6) is 0. The first kappa shape index (κ1) is 13.1. The number of nitrogens with zero attached hydrogens (tertiary/aromatic N) is 1. The Bertz CT molecular complexity index is 419. The third kappa shape index (κ3) is 3.10. The van der Waals surface area contributed by atoms with E-state index in [2.05, 4.69) is 11.4 Å². The summed E-state index contributed by atoms with van der Waals surface area (Å²) in [5, 5.41) is 12.8. The highest BCUT2D eigenvalue weighted by Gasteiger charge is 2.21. The van der Waals surface area contributed by atoms with Gasteiger partial charge in [0.1, 0.15) is 6.04 Å². The molecular formula is C15H20N2O. The van der Waals surface area contributed by atoms with E-state index in [-0.39, 0.29) is 6.04 Å². The van der Waals surface area contributed by atoms with Crippen LogP contribution in [-0.2, 0) is 11.3 Å². The molecule has 1 aliphatic carbocycles. The monoisotopic (exact) mass is 244 g/mol. The van der Waals surface area contributed by atoms with E-state index in [1.807, 2.05) is 24.3 Å². The Morgan fingerprint density at radius 3 is 2.78 bits per heavy atom. The molecule has 1 aromatic carbocycles. The Morgan fingerprint density at radius 2 is 2.11 bits per heavy atom. The molecule has 3 heteroatoms. The van der Waals surface area contributed by atoms with Crippen molar-refractivity contribution in [3.63, 3.8) is 0 Å². The smallest absolute Gasteiger partial charge is 0.121 e. The fourth-order valence-electron chi connectivity index (χ4n) is 2.63. The summed E-state index contributed by atoms with van der Waals surface area (Å²) in [6, 6.07) is 10.7. The molecule has 0 saturated heterocycles. The summed E-state index contributed by atoms with van der Waals surface area (Å²) in [7, 11) is 1.68. The van der Waals surface area contributed by atoms with Crippen LogP contribution < -0.4 is 5.32 Å². The maximum atomic E-state index is 9.38. The molecule has 1 N–H and O–H groups in total. The Balaban J connectivity index is 2.13. The van der Waals surface area contributed by atoms with Gasteiger partial charge in [0.25, 0.3) is 0 Å². The molecule has 0 bridgehead atoms. The van der Waals surface area contributed by atoms with Crippen LogP contribution in [0.15, 0.2) is 24.3 Å². The van der Waals surface area contributed by atoms with E-state index in [0.717, 1.165) is 11.1 Å². The molecule has 1 atom stereocenters. The van der Waals surface area contributed by atoms with E-state index < -0.39 is 0 Å². The fraction of sp³-hybridized carbons (Fsp3) is 0.533. The van der Waals surface area contributed by atoms with Crippen molar-refractivity contribution < 1.29 is 4.74 Å². The minimum absolute atomic E-state index is 0.223. The molecule has 1 aromatic rings. The second-order valence-electron chi connectivity index (χ2n) is 4.84. The van der Waals surface area contributed by atoms with Crippen molar-refractivity contribution in [2.24, 2.45) is 0 Å². The Kier molecular flexibility index (Phi) is 4.74. The molecular weight excluding hydrogens is 224 g/mol. The van der Waals surface area contributed by atoms with E-state index in [9.17, 15) is 5.26 Å². The van der Waals surface area contributed by atoms with E-state index >= 15 is 0 Å². The van der Waals surface area contributed by atoms with Crippen molar-refractivity contribution in [1.29, 1.82) is 5.26 Å². The van der Waals surface area contributed by atoms with E-state index in [4.69, 9.17) is 4.74 Å². The third-order valence-electron chi connectivity index (χ3n) is 3.55. The zero-order valence-electron chi connectivity index (χ0n) is 10.9. The number of hydrogen-bond donors (Lipinski definition) is 1. The third-order valence-corrected chi connectivity index (χ3v) is 3.55. The molecule has 1 saturated carbocycles. The van der Waals surface area contributed by atoms with Gasteiger partial charge in [0.2, 0.25) is 0 Å². The van der Waals surface area contributed by atoms with Crippen LogP contribution in [0, 0.1) is 11.3 Å². The topological polar surface area (TPSA) is 45.0 Å². The van der Waals surface area contributed by atoms with Gasteiger partial charge in [-0.3, -0.25) is 5.32 Å². The summed E-state index contributed by atoms with van der Waals surface area (Å²) in [4.78, 5) is 0. The molecule has 0 heterocycles. The average Bonchev–Trinajstić information content (AvgIpc) is 2.90. The van der Waals surface area contributed by atoms with Gasteiger partial charge in [-0.05, 0) is 24.0 Å². The van der Waals surface area contributed by atoms with Crippen LogP contribution >= 0.6 is 0 Å². The highest BCUT2D eigenvalue weighted by molar-refractivity contribution is 5.33. The summed E-state index contributed by atoms with van der Waals surface area (Å²) in [5.41, 5.74) is 2.14. The molecule has 1 fully saturated rings. The van der Waals surface area contributed by atoms with Crippen molar-refractivity contribution in [2.45, 2.75) is 44.4 Å². The molecule has 0 spiro atoms. The van der Waals surface area contributed by atoms with Gasteiger partial charge < -0.3 is 4.74 Å². The first-order valence-corrected chi connectivity index (χ1v) is 6.57. The van der Waals surface area contributed by atoms with Gasteiger partial charge in [-0.2, -0.15) is 5.26 Å². The molecule has 0 aliphatic heterocycles. The van der Waals surface area contributed by atoms with Crippen molar-refractivity contribution in [3.05, 3.63) is 35.4 Å². The van der Waals surface area contributed by atoms with Crippen molar-refractivity contribution in [1.82, 2.24) is 5.32 Å². The Labute approximate surface area is 109 Å². The Morgan fingerprint density at radius 1 is 1.39 bits per heavy atom. The van der Waals surface area contributed by atoms with Gasteiger partial charge in [0.05, 0.1) is 12.7 Å². The van der Waals surface area contributed by atoms with E-state index in [0.29, 0.717) is 12.6 Å². The minimum Gasteiger partial charge on any atom is -0.380 e. The maximum Gasteiger partial charge on any atom is 0.121 e. The second kappa shape index (κ2) is 6.53. The normalized spacial score (nSPS) is 17.6. The molecule has 2 rings (SSSR count). The van der Waals surface area contributed by atoms with Crippen LogP contribution in [0.3, 0.4) is 0 Å². The lowest BCUT2D eigenvalue weighted by Crippen LogP contribution is -2.30. The van der Waals surface area contributed by atoms with Gasteiger partial charge in [-0.25, -0.2) is 0 Å². The molecule has 0 amide bonds. The lowest BCUT2D eigenvalue weighted by molar-refractivity contribution is 0.183. The number of nitrogens with one attached hydrogen (secondary N) is 1. The van der Waals surface area contributed by atoms with Crippen LogP contribution in [0.2, 0.25) is 0 Å². The first-order chi connectivity index (χ1) is 8.85. The molecule has 3 nitrogen and oxygen atoms in total. The lowest BCUT2D eigenvalue weighted by atomic mass is 10.0. The number of benzene rings is 1. The zero-order chi connectivity index (χ0) is 12.8. The minimum atomic E-state index is -0.223. The van der Waals surface area contributed by atoms with Crippen LogP contribution in [0.5, 0.6) is 0 Å². The molecule has 0 radical (unpaired) electrons. The van der Waals surface area contributed by atoms with Crippen molar-refractivity contribution in [3.8, 4) is 6.07 Å². The summed E-state index contributed by atoms with van der Waals surface area (Å²) >= 11 is 0. The van der Waals surface area contributed by atoms with Crippen molar-refractivity contribution in [2.75, 3.05) is 7.11 Å². The summed E-state index contributed by atoms with van der Waals surface area (Å²) < 4.78 is 5.20. The zero-order valence-corrected chi connectivity index (χ0v) is 10.9. The van der Waals surface area contributed by atoms with Gasteiger partial charge in [-0.15, -0.1) is 0 Å². The van der Waals surface area contributed by atoms with E-state index in [1.165, 1.54) is 25.7 Å². The van der Waals surface area contributed by atoms with Gasteiger partial charge in [0.15, 0.2) is 0 Å². The van der Waals surface area contributed by atoms with E-state index in [1.54, 1.807) is 7.11 Å². The largest absolute Gasteiger partial charge is 0.380 e. The number of hydrogen-bond acceptors (Lipinski definition) is 3. The fourth-order valence-corrected chi connectivity index (χ4v) is 2.63. The maximum absolute atomic E-state index is 9.38. The number of methoxy groups -OCH3 is 1. The van der Waals surface area contributed by atoms with Crippen LogP contribution in [0.1, 0.15) is 42.9 Å². The Hall–Kier alpha value is -1.37. The molecule has 18 heavy (non-hydrogen) atoms. The quantitative estimate of drug-likeness (QED) is 0.866. The number of nitriles is 1.